The normalized spacial score (nSPS) is 15.8. The summed E-state index contributed by atoms with van der Waals surface area (Å²) < 4.78 is 27.1. The second-order valence-electron chi connectivity index (χ2n) is 7.69. The Morgan fingerprint density at radius 1 is 1.10 bits per heavy atom. The second kappa shape index (κ2) is 9.20. The highest BCUT2D eigenvalue weighted by Gasteiger charge is 2.37. The van der Waals surface area contributed by atoms with Crippen LogP contribution in [0, 0.1) is 6.92 Å². The number of anilines is 1. The fraction of sp³-hybridized carbons (Fsp3) is 0.391. The van der Waals surface area contributed by atoms with Crippen LogP contribution in [-0.2, 0) is 32.6 Å². The number of aryl methyl sites for hydroxylation is 1. The molecule has 0 saturated heterocycles. The molecule has 2 aromatic carbocycles. The molecule has 0 radical (unpaired) electrons. The van der Waals surface area contributed by atoms with E-state index < -0.39 is 16.1 Å². The molecule has 0 fully saturated rings. The number of nitrogens with zero attached hydrogens (tertiary/aromatic N) is 2. The second-order valence-corrected chi connectivity index (χ2v) is 9.63. The van der Waals surface area contributed by atoms with E-state index in [-0.39, 0.29) is 23.1 Å². The van der Waals surface area contributed by atoms with Gasteiger partial charge in [-0.3, -0.25) is 14.5 Å². The molecule has 1 atom stereocenters. The third-order valence-corrected chi connectivity index (χ3v) is 7.65. The van der Waals surface area contributed by atoms with Crippen molar-refractivity contribution in [1.29, 1.82) is 0 Å². The number of hydrogen-bond acceptors (Lipinski definition) is 4. The van der Waals surface area contributed by atoms with Gasteiger partial charge in [0.2, 0.25) is 21.8 Å². The summed E-state index contributed by atoms with van der Waals surface area (Å²) >= 11 is 0. The fourth-order valence-corrected chi connectivity index (χ4v) is 5.42. The zero-order valence-corrected chi connectivity index (χ0v) is 19.2. The summed E-state index contributed by atoms with van der Waals surface area (Å²) in [6, 6.07) is 11.9. The summed E-state index contributed by atoms with van der Waals surface area (Å²) in [5.74, 6) is -0.520. The van der Waals surface area contributed by atoms with E-state index in [2.05, 4.69) is 5.32 Å². The molecular weight excluding hydrogens is 414 g/mol. The van der Waals surface area contributed by atoms with Crippen LogP contribution >= 0.6 is 0 Å². The molecule has 2 amide bonds. The molecule has 0 saturated carbocycles. The molecule has 8 heteroatoms. The number of carbonyl (C=O) groups is 2. The molecule has 0 bridgehead atoms. The van der Waals surface area contributed by atoms with Crippen molar-refractivity contribution in [3.63, 3.8) is 0 Å². The monoisotopic (exact) mass is 443 g/mol. The van der Waals surface area contributed by atoms with Gasteiger partial charge >= 0.3 is 0 Å². The van der Waals surface area contributed by atoms with E-state index in [0.717, 1.165) is 11.1 Å². The van der Waals surface area contributed by atoms with E-state index in [1.54, 1.807) is 26.0 Å². The largest absolute Gasteiger partial charge is 0.350 e. The average Bonchev–Trinajstić information content (AvgIpc) is 3.13. The first-order chi connectivity index (χ1) is 14.7. The molecule has 1 N–H and O–H groups in total. The first-order valence-electron chi connectivity index (χ1n) is 10.4. The molecule has 0 aromatic heterocycles. The van der Waals surface area contributed by atoms with Crippen molar-refractivity contribution in [2.45, 2.75) is 51.6 Å². The van der Waals surface area contributed by atoms with Gasteiger partial charge in [0.25, 0.3) is 0 Å². The lowest BCUT2D eigenvalue weighted by Gasteiger charge is -2.23. The van der Waals surface area contributed by atoms with Crippen LogP contribution < -0.4 is 10.2 Å². The molecule has 166 valence electrons. The quantitative estimate of drug-likeness (QED) is 0.713. The zero-order valence-electron chi connectivity index (χ0n) is 18.4. The lowest BCUT2D eigenvalue weighted by Crippen LogP contribution is -2.47. The minimum Gasteiger partial charge on any atom is -0.350 e. The van der Waals surface area contributed by atoms with E-state index >= 15 is 0 Å². The van der Waals surface area contributed by atoms with Crippen LogP contribution in [0.5, 0.6) is 0 Å². The fourth-order valence-electron chi connectivity index (χ4n) is 3.91. The van der Waals surface area contributed by atoms with Crippen molar-refractivity contribution < 1.29 is 18.0 Å². The third kappa shape index (κ3) is 4.65. The maximum absolute atomic E-state index is 12.9. The van der Waals surface area contributed by atoms with Crippen LogP contribution in [0.4, 0.5) is 5.69 Å². The number of carbonyl (C=O) groups excluding carboxylic acids is 2. The zero-order chi connectivity index (χ0) is 22.8. The molecular formula is C23H29N3O4S. The number of fused-ring (bicyclic) bond motifs is 1. The number of rotatable bonds is 7. The maximum Gasteiger partial charge on any atom is 0.243 e. The molecule has 0 aliphatic carbocycles. The van der Waals surface area contributed by atoms with E-state index in [1.165, 1.54) is 22.2 Å². The number of amides is 2. The van der Waals surface area contributed by atoms with Crippen LogP contribution in [0.1, 0.15) is 37.5 Å². The summed E-state index contributed by atoms with van der Waals surface area (Å²) in [5.41, 5.74) is 3.37. The van der Waals surface area contributed by atoms with Crippen molar-refractivity contribution in [3.8, 4) is 0 Å². The summed E-state index contributed by atoms with van der Waals surface area (Å²) in [4.78, 5) is 26.9. The molecule has 1 unspecified atom stereocenters. The molecule has 7 nitrogen and oxygen atoms in total. The van der Waals surface area contributed by atoms with Gasteiger partial charge < -0.3 is 5.32 Å². The summed E-state index contributed by atoms with van der Waals surface area (Å²) in [6.45, 7) is 8.10. The van der Waals surface area contributed by atoms with Gasteiger partial charge in [0.05, 0.1) is 4.90 Å². The highest BCUT2D eigenvalue weighted by Crippen LogP contribution is 2.35. The number of nitrogens with one attached hydrogen (secondary N) is 1. The van der Waals surface area contributed by atoms with Crippen molar-refractivity contribution >= 4 is 27.5 Å². The van der Waals surface area contributed by atoms with Gasteiger partial charge in [0.15, 0.2) is 0 Å². The molecule has 1 heterocycles. The van der Waals surface area contributed by atoms with Crippen molar-refractivity contribution in [3.05, 3.63) is 59.2 Å². The lowest BCUT2D eigenvalue weighted by atomic mass is 10.1. The Hall–Kier alpha value is -2.71. The van der Waals surface area contributed by atoms with Gasteiger partial charge in [-0.25, -0.2) is 8.42 Å². The minimum atomic E-state index is -3.62. The Kier molecular flexibility index (Phi) is 6.81. The highest BCUT2D eigenvalue weighted by atomic mass is 32.2. The van der Waals surface area contributed by atoms with Crippen molar-refractivity contribution in [1.82, 2.24) is 9.62 Å². The van der Waals surface area contributed by atoms with Crippen molar-refractivity contribution in [2.24, 2.45) is 0 Å². The average molecular weight is 444 g/mol. The van der Waals surface area contributed by atoms with Crippen LogP contribution in [-0.4, -0.2) is 43.7 Å². The maximum atomic E-state index is 12.9. The minimum absolute atomic E-state index is 0.180. The number of hydrogen-bond donors (Lipinski definition) is 1. The number of benzene rings is 2. The summed E-state index contributed by atoms with van der Waals surface area (Å²) in [7, 11) is -3.62. The summed E-state index contributed by atoms with van der Waals surface area (Å²) in [6.07, 6.45) is 0.274. The first kappa shape index (κ1) is 23.0. The van der Waals surface area contributed by atoms with Gasteiger partial charge in [-0.1, -0.05) is 43.7 Å². The molecule has 3 rings (SSSR count). The van der Waals surface area contributed by atoms with E-state index in [4.69, 9.17) is 0 Å². The van der Waals surface area contributed by atoms with Gasteiger partial charge in [-0.2, -0.15) is 4.31 Å². The van der Waals surface area contributed by atoms with E-state index in [9.17, 15) is 18.0 Å². The van der Waals surface area contributed by atoms with E-state index in [1.807, 2.05) is 31.2 Å². The lowest BCUT2D eigenvalue weighted by molar-refractivity contribution is -0.125. The SMILES string of the molecule is CCN(CC)S(=O)(=O)c1ccc2c(c1)CC(C(=O)NCc1ccc(C)cc1)N2C(C)=O. The molecule has 31 heavy (non-hydrogen) atoms. The van der Waals surface area contributed by atoms with Gasteiger partial charge in [0, 0.05) is 38.7 Å². The van der Waals surface area contributed by atoms with Crippen LogP contribution in [0.25, 0.3) is 0 Å². The predicted octanol–water partition coefficient (Wildman–Crippen LogP) is 2.62. The van der Waals surface area contributed by atoms with Crippen molar-refractivity contribution in [2.75, 3.05) is 18.0 Å². The topological polar surface area (TPSA) is 86.8 Å². The Bertz CT molecular complexity index is 1080. The Labute approximate surface area is 184 Å². The smallest absolute Gasteiger partial charge is 0.243 e. The number of sulfonamides is 1. The molecule has 2 aromatic rings. The van der Waals surface area contributed by atoms with Crippen LogP contribution in [0.15, 0.2) is 47.4 Å². The van der Waals surface area contributed by atoms with Gasteiger partial charge in [0.1, 0.15) is 6.04 Å². The Morgan fingerprint density at radius 2 is 1.74 bits per heavy atom. The predicted molar refractivity (Wildman–Crippen MR) is 120 cm³/mol. The summed E-state index contributed by atoms with van der Waals surface area (Å²) in [5, 5.41) is 2.90. The standard InChI is InChI=1S/C23H29N3O4S/c1-5-25(6-2)31(29,30)20-11-12-21-19(13-20)14-22(26(21)17(4)27)23(28)24-15-18-9-7-16(3)8-10-18/h7-13,22H,5-6,14-15H2,1-4H3,(H,24,28). The molecule has 0 spiro atoms. The Balaban J connectivity index is 1.83. The van der Waals surface area contributed by atoms with E-state index in [0.29, 0.717) is 30.9 Å². The van der Waals surface area contributed by atoms with Crippen LogP contribution in [0.2, 0.25) is 0 Å². The highest BCUT2D eigenvalue weighted by molar-refractivity contribution is 7.89. The van der Waals surface area contributed by atoms with Gasteiger partial charge in [-0.15, -0.1) is 0 Å². The van der Waals surface area contributed by atoms with Gasteiger partial charge in [-0.05, 0) is 36.2 Å². The molecule has 1 aliphatic rings. The third-order valence-electron chi connectivity index (χ3n) is 5.61. The van der Waals surface area contributed by atoms with Crippen LogP contribution in [0.3, 0.4) is 0 Å². The molecule has 1 aliphatic heterocycles. The Morgan fingerprint density at radius 3 is 2.32 bits per heavy atom. The first-order valence-corrected chi connectivity index (χ1v) is 11.9.